The van der Waals surface area contributed by atoms with Gasteiger partial charge in [-0.15, -0.1) is 0 Å². The molecule has 1 aromatic carbocycles. The molecule has 2 heterocycles. The molecule has 2 fully saturated rings. The van der Waals surface area contributed by atoms with Gasteiger partial charge in [0.2, 0.25) is 15.2 Å². The van der Waals surface area contributed by atoms with E-state index in [-0.39, 0.29) is 22.2 Å². The van der Waals surface area contributed by atoms with Crippen molar-refractivity contribution in [3.63, 3.8) is 0 Å². The normalized spacial score (nSPS) is 18.9. The molecule has 1 aliphatic carbocycles. The molecule has 0 bridgehead atoms. The molecule has 1 saturated carbocycles. The monoisotopic (exact) mass is 412 g/mol. The van der Waals surface area contributed by atoms with Crippen LogP contribution in [-0.2, 0) is 16.4 Å². The Hall–Kier alpha value is -1.71. The predicted molar refractivity (Wildman–Crippen MR) is 101 cm³/mol. The molecule has 0 spiro atoms. The summed E-state index contributed by atoms with van der Waals surface area (Å²) in [5.74, 6) is 1.18. The van der Waals surface area contributed by atoms with Crippen LogP contribution in [0, 0.1) is 5.92 Å². The summed E-state index contributed by atoms with van der Waals surface area (Å²) in [6.07, 6.45) is 3.87. The van der Waals surface area contributed by atoms with Crippen molar-refractivity contribution in [3.8, 4) is 0 Å². The molecule has 1 amide bonds. The van der Waals surface area contributed by atoms with E-state index in [1.54, 1.807) is 6.07 Å². The molecule has 4 rings (SSSR count). The molecule has 2 aliphatic rings. The third-order valence-corrected chi connectivity index (χ3v) is 7.29. The summed E-state index contributed by atoms with van der Waals surface area (Å²) in [5, 5.41) is 3.34. The van der Waals surface area contributed by atoms with E-state index >= 15 is 0 Å². The van der Waals surface area contributed by atoms with Crippen LogP contribution in [0.1, 0.15) is 35.4 Å². The first-order valence-electron chi connectivity index (χ1n) is 8.36. The van der Waals surface area contributed by atoms with Crippen LogP contribution in [-0.4, -0.2) is 36.0 Å². The van der Waals surface area contributed by atoms with E-state index in [1.807, 2.05) is 0 Å². The molecule has 7 nitrogen and oxygen atoms in total. The number of hydrogen-bond donors (Lipinski definition) is 1. The fourth-order valence-corrected chi connectivity index (χ4v) is 5.31. The Morgan fingerprint density at radius 2 is 2.19 bits per heavy atom. The number of nitrogens with zero attached hydrogens (tertiary/aromatic N) is 3. The topological polar surface area (TPSA) is 92.3 Å². The summed E-state index contributed by atoms with van der Waals surface area (Å²) in [5.41, 5.74) is 0.748. The number of carbonyl (C=O) groups is 1. The van der Waals surface area contributed by atoms with E-state index in [2.05, 4.69) is 14.7 Å². The standard InChI is InChI=1S/C16H17ClN4O3S2/c17-13-9-11(21-6-1-7-26(21,23)24)4-5-12(13)15(22)19-16-18-14(20-25-16)8-10-2-3-10/h4-5,9-10H,1-3,6-8H2,(H,18,19,20,22). The smallest absolute Gasteiger partial charge is 0.258 e. The van der Waals surface area contributed by atoms with E-state index in [9.17, 15) is 13.2 Å². The van der Waals surface area contributed by atoms with E-state index in [0.717, 1.165) is 23.8 Å². The van der Waals surface area contributed by atoms with Crippen molar-refractivity contribution >= 4 is 49.9 Å². The summed E-state index contributed by atoms with van der Waals surface area (Å²) in [6.45, 7) is 0.429. The summed E-state index contributed by atoms with van der Waals surface area (Å²) >= 11 is 7.38. The highest BCUT2D eigenvalue weighted by atomic mass is 35.5. The Balaban J connectivity index is 1.48. The highest BCUT2D eigenvalue weighted by Crippen LogP contribution is 2.33. The van der Waals surface area contributed by atoms with Crippen LogP contribution < -0.4 is 9.62 Å². The maximum Gasteiger partial charge on any atom is 0.258 e. The van der Waals surface area contributed by atoms with Crippen LogP contribution in [0.25, 0.3) is 0 Å². The second-order valence-corrected chi connectivity index (χ2v) is 9.70. The minimum Gasteiger partial charge on any atom is -0.297 e. The number of aromatic nitrogens is 2. The second kappa shape index (κ2) is 6.79. The van der Waals surface area contributed by atoms with Crippen molar-refractivity contribution in [2.75, 3.05) is 21.9 Å². The number of halogens is 1. The molecule has 1 N–H and O–H groups in total. The fraction of sp³-hybridized carbons (Fsp3) is 0.438. The highest BCUT2D eigenvalue weighted by Gasteiger charge is 2.29. The molecular formula is C16H17ClN4O3S2. The maximum absolute atomic E-state index is 12.5. The lowest BCUT2D eigenvalue weighted by Gasteiger charge is -2.17. The molecule has 10 heteroatoms. The van der Waals surface area contributed by atoms with E-state index < -0.39 is 10.0 Å². The number of hydrogen-bond acceptors (Lipinski definition) is 6. The molecule has 1 saturated heterocycles. The van der Waals surface area contributed by atoms with Gasteiger partial charge in [-0.3, -0.25) is 14.4 Å². The van der Waals surface area contributed by atoms with Crippen molar-refractivity contribution < 1.29 is 13.2 Å². The number of rotatable bonds is 5. The first-order valence-corrected chi connectivity index (χ1v) is 11.1. The number of sulfonamides is 1. The van der Waals surface area contributed by atoms with Gasteiger partial charge in [-0.05, 0) is 43.4 Å². The molecule has 1 aliphatic heterocycles. The van der Waals surface area contributed by atoms with Crippen LogP contribution in [0.3, 0.4) is 0 Å². The van der Waals surface area contributed by atoms with Crippen molar-refractivity contribution in [1.82, 2.24) is 9.36 Å². The van der Waals surface area contributed by atoms with Crippen molar-refractivity contribution in [1.29, 1.82) is 0 Å². The lowest BCUT2D eigenvalue weighted by atomic mass is 10.2. The largest absolute Gasteiger partial charge is 0.297 e. The predicted octanol–water partition coefficient (Wildman–Crippen LogP) is 2.94. The van der Waals surface area contributed by atoms with Crippen molar-refractivity contribution in [2.24, 2.45) is 5.92 Å². The van der Waals surface area contributed by atoms with Crippen molar-refractivity contribution in [3.05, 3.63) is 34.6 Å². The van der Waals surface area contributed by atoms with Crippen LogP contribution in [0.15, 0.2) is 18.2 Å². The molecule has 0 unspecified atom stereocenters. The number of nitrogens with one attached hydrogen (secondary N) is 1. The van der Waals surface area contributed by atoms with Crippen molar-refractivity contribution in [2.45, 2.75) is 25.7 Å². The van der Waals surface area contributed by atoms with Gasteiger partial charge in [-0.1, -0.05) is 11.6 Å². The summed E-state index contributed by atoms with van der Waals surface area (Å²) < 4.78 is 29.6. The van der Waals surface area contributed by atoms with Gasteiger partial charge in [0.05, 0.1) is 22.0 Å². The zero-order valence-electron chi connectivity index (χ0n) is 13.8. The highest BCUT2D eigenvalue weighted by molar-refractivity contribution is 7.93. The minimum atomic E-state index is -3.28. The van der Waals surface area contributed by atoms with Gasteiger partial charge in [0.1, 0.15) is 5.82 Å². The SMILES string of the molecule is O=C(Nc1nc(CC2CC2)ns1)c1ccc(N2CCCS2(=O)=O)cc1Cl. The average molecular weight is 413 g/mol. The zero-order valence-corrected chi connectivity index (χ0v) is 16.2. The number of benzene rings is 1. The van der Waals surface area contributed by atoms with Gasteiger partial charge in [0.15, 0.2) is 0 Å². The molecular weight excluding hydrogens is 396 g/mol. The Morgan fingerprint density at radius 3 is 2.85 bits per heavy atom. The zero-order chi connectivity index (χ0) is 18.3. The molecule has 2 aromatic rings. The van der Waals surface area contributed by atoms with Gasteiger partial charge < -0.3 is 0 Å². The fourth-order valence-electron chi connectivity index (χ4n) is 2.91. The van der Waals surface area contributed by atoms with E-state index in [4.69, 9.17) is 11.6 Å². The number of carbonyl (C=O) groups excluding carboxylic acids is 1. The van der Waals surface area contributed by atoms with Crippen LogP contribution in [0.5, 0.6) is 0 Å². The van der Waals surface area contributed by atoms with E-state index in [1.165, 1.54) is 29.3 Å². The van der Waals surface area contributed by atoms with Gasteiger partial charge in [0, 0.05) is 24.5 Å². The summed E-state index contributed by atoms with van der Waals surface area (Å²) in [4.78, 5) is 16.8. The first kappa shape index (κ1) is 17.7. The molecule has 26 heavy (non-hydrogen) atoms. The first-order chi connectivity index (χ1) is 12.4. The molecule has 1 aromatic heterocycles. The van der Waals surface area contributed by atoms with Gasteiger partial charge in [0.25, 0.3) is 5.91 Å². The van der Waals surface area contributed by atoms with Crippen LogP contribution in [0.2, 0.25) is 5.02 Å². The number of amides is 1. The Labute approximate surface area is 160 Å². The van der Waals surface area contributed by atoms with Crippen LogP contribution in [0.4, 0.5) is 10.8 Å². The van der Waals surface area contributed by atoms with Crippen LogP contribution >= 0.6 is 23.1 Å². The summed E-state index contributed by atoms with van der Waals surface area (Å²) in [7, 11) is -3.28. The molecule has 0 atom stereocenters. The Kier molecular flexibility index (Phi) is 4.62. The van der Waals surface area contributed by atoms with Gasteiger partial charge in [-0.2, -0.15) is 4.37 Å². The lowest BCUT2D eigenvalue weighted by Crippen LogP contribution is -2.25. The third kappa shape index (κ3) is 3.70. The maximum atomic E-state index is 12.5. The lowest BCUT2D eigenvalue weighted by molar-refractivity contribution is 0.102. The number of anilines is 2. The Bertz CT molecular complexity index is 956. The summed E-state index contributed by atoms with van der Waals surface area (Å²) in [6, 6.07) is 4.65. The Morgan fingerprint density at radius 1 is 1.38 bits per heavy atom. The second-order valence-electron chi connectivity index (χ2n) is 6.52. The third-order valence-electron chi connectivity index (χ3n) is 4.44. The van der Waals surface area contributed by atoms with Gasteiger partial charge >= 0.3 is 0 Å². The van der Waals surface area contributed by atoms with E-state index in [0.29, 0.717) is 29.7 Å². The quantitative estimate of drug-likeness (QED) is 0.815. The van der Waals surface area contributed by atoms with Gasteiger partial charge in [-0.25, -0.2) is 13.4 Å². The molecule has 0 radical (unpaired) electrons. The molecule has 138 valence electrons. The average Bonchev–Trinajstić information content (AvgIpc) is 3.17. The minimum absolute atomic E-state index is 0.132.